The van der Waals surface area contributed by atoms with Gasteiger partial charge in [0.25, 0.3) is 0 Å². The number of anilines is 1. The third-order valence-corrected chi connectivity index (χ3v) is 6.32. The van der Waals surface area contributed by atoms with E-state index in [9.17, 15) is 4.79 Å². The number of thiophene rings is 1. The molecule has 1 fully saturated rings. The highest BCUT2D eigenvalue weighted by Crippen LogP contribution is 2.39. The molecule has 2 N–H and O–H groups in total. The van der Waals surface area contributed by atoms with E-state index in [0.717, 1.165) is 72.7 Å². The maximum absolute atomic E-state index is 11.2. The molecule has 0 amide bonds. The SMILES string of the molecule is CCc1nc2sc(C=O)c(N)c2c(C)c1OCCN1CCCN(C)CCC1. The zero-order valence-corrected chi connectivity index (χ0v) is 17.4. The van der Waals surface area contributed by atoms with E-state index >= 15 is 0 Å². The molecular formula is C20H30N4O2S. The quantitative estimate of drug-likeness (QED) is 0.765. The number of pyridine rings is 1. The number of ether oxygens (including phenoxy) is 1. The molecule has 27 heavy (non-hydrogen) atoms. The predicted octanol–water partition coefficient (Wildman–Crippen LogP) is 2.97. The summed E-state index contributed by atoms with van der Waals surface area (Å²) in [6, 6.07) is 0. The molecule has 3 heterocycles. The Hall–Kier alpha value is -1.70. The molecule has 6 nitrogen and oxygen atoms in total. The number of rotatable bonds is 6. The maximum atomic E-state index is 11.2. The Kier molecular flexibility index (Phi) is 6.68. The van der Waals surface area contributed by atoms with Crippen molar-refractivity contribution < 1.29 is 9.53 Å². The van der Waals surface area contributed by atoms with Crippen LogP contribution in [0.25, 0.3) is 10.2 Å². The Morgan fingerprint density at radius 1 is 1.26 bits per heavy atom. The summed E-state index contributed by atoms with van der Waals surface area (Å²) in [5, 5.41) is 0.864. The molecule has 7 heteroatoms. The van der Waals surface area contributed by atoms with Crippen LogP contribution >= 0.6 is 11.3 Å². The van der Waals surface area contributed by atoms with E-state index in [2.05, 4.69) is 23.8 Å². The minimum Gasteiger partial charge on any atom is -0.490 e. The van der Waals surface area contributed by atoms with Crippen LogP contribution in [0, 0.1) is 6.92 Å². The van der Waals surface area contributed by atoms with Gasteiger partial charge in [-0.1, -0.05) is 6.92 Å². The molecular weight excluding hydrogens is 360 g/mol. The molecule has 0 radical (unpaired) electrons. The van der Waals surface area contributed by atoms with Gasteiger partial charge in [-0.05, 0) is 59.4 Å². The van der Waals surface area contributed by atoms with E-state index in [1.807, 2.05) is 6.92 Å². The highest BCUT2D eigenvalue weighted by atomic mass is 32.1. The molecule has 2 aromatic heterocycles. The molecule has 0 unspecified atom stereocenters. The van der Waals surface area contributed by atoms with Crippen LogP contribution in [0.15, 0.2) is 0 Å². The first-order valence-corrected chi connectivity index (χ1v) is 10.6. The summed E-state index contributed by atoms with van der Waals surface area (Å²) in [5.41, 5.74) is 8.63. The van der Waals surface area contributed by atoms with E-state index in [1.165, 1.54) is 24.2 Å². The summed E-state index contributed by atoms with van der Waals surface area (Å²) in [6.07, 6.45) is 4.00. The molecule has 0 spiro atoms. The first kappa shape index (κ1) is 20.0. The Morgan fingerprint density at radius 2 is 1.96 bits per heavy atom. The molecule has 0 bridgehead atoms. The number of aromatic nitrogens is 1. The monoisotopic (exact) mass is 390 g/mol. The Bertz CT molecular complexity index is 795. The second-order valence-electron chi connectivity index (χ2n) is 7.24. The van der Waals surface area contributed by atoms with Crippen molar-refractivity contribution in [2.75, 3.05) is 52.1 Å². The number of carbonyl (C=O) groups is 1. The summed E-state index contributed by atoms with van der Waals surface area (Å²) >= 11 is 1.36. The van der Waals surface area contributed by atoms with Crippen molar-refractivity contribution in [2.24, 2.45) is 0 Å². The summed E-state index contributed by atoms with van der Waals surface area (Å²) in [6.45, 7) is 10.2. The van der Waals surface area contributed by atoms with Crippen LogP contribution in [0.3, 0.4) is 0 Å². The van der Waals surface area contributed by atoms with Gasteiger partial charge in [0.05, 0.1) is 16.3 Å². The highest BCUT2D eigenvalue weighted by molar-refractivity contribution is 7.20. The van der Waals surface area contributed by atoms with Gasteiger partial charge < -0.3 is 15.4 Å². The van der Waals surface area contributed by atoms with Crippen molar-refractivity contribution in [3.8, 4) is 5.75 Å². The molecule has 1 aliphatic rings. The van der Waals surface area contributed by atoms with Gasteiger partial charge in [0.1, 0.15) is 17.2 Å². The third-order valence-electron chi connectivity index (χ3n) is 5.29. The lowest BCUT2D eigenvalue weighted by Crippen LogP contribution is -2.37. The number of aryl methyl sites for hydroxylation is 2. The average Bonchev–Trinajstić information content (AvgIpc) is 2.96. The molecule has 0 atom stereocenters. The minimum atomic E-state index is 0.524. The Morgan fingerprint density at radius 3 is 2.59 bits per heavy atom. The lowest BCUT2D eigenvalue weighted by Gasteiger charge is -2.28. The number of nitrogens with two attached hydrogens (primary N) is 1. The Balaban J connectivity index is 1.73. The van der Waals surface area contributed by atoms with Crippen LogP contribution < -0.4 is 10.5 Å². The van der Waals surface area contributed by atoms with Gasteiger partial charge in [0, 0.05) is 17.5 Å². The smallest absolute Gasteiger partial charge is 0.162 e. The second-order valence-corrected chi connectivity index (χ2v) is 8.28. The van der Waals surface area contributed by atoms with Gasteiger partial charge in [-0.25, -0.2) is 4.98 Å². The minimum absolute atomic E-state index is 0.524. The molecule has 0 aliphatic carbocycles. The van der Waals surface area contributed by atoms with Crippen LogP contribution in [-0.2, 0) is 6.42 Å². The van der Waals surface area contributed by atoms with Crippen molar-refractivity contribution >= 4 is 33.5 Å². The van der Waals surface area contributed by atoms with Crippen LogP contribution in [0.5, 0.6) is 5.75 Å². The molecule has 1 saturated heterocycles. The third kappa shape index (κ3) is 4.42. The van der Waals surface area contributed by atoms with E-state index in [0.29, 0.717) is 17.2 Å². The number of hydrogen-bond donors (Lipinski definition) is 1. The molecule has 1 aliphatic heterocycles. The van der Waals surface area contributed by atoms with Crippen LogP contribution in [0.1, 0.15) is 40.7 Å². The van der Waals surface area contributed by atoms with Gasteiger partial charge >= 0.3 is 0 Å². The van der Waals surface area contributed by atoms with E-state index in [1.54, 1.807) is 0 Å². The average molecular weight is 391 g/mol. The molecule has 3 rings (SSSR count). The lowest BCUT2D eigenvalue weighted by molar-refractivity contribution is 0.112. The molecule has 0 aromatic carbocycles. The van der Waals surface area contributed by atoms with Gasteiger partial charge in [-0.15, -0.1) is 11.3 Å². The standard InChI is InChI=1S/C20H30N4O2S/c1-4-15-19(14(2)17-18(21)16(13-25)27-20(17)22-15)26-12-11-24-9-5-7-23(3)8-6-10-24/h13H,4-12,21H2,1-3H3. The van der Waals surface area contributed by atoms with Crippen molar-refractivity contribution in [3.63, 3.8) is 0 Å². The zero-order chi connectivity index (χ0) is 19.4. The first-order valence-electron chi connectivity index (χ1n) is 9.75. The maximum Gasteiger partial charge on any atom is 0.162 e. The fourth-order valence-corrected chi connectivity index (χ4v) is 4.75. The molecule has 0 saturated carbocycles. The largest absolute Gasteiger partial charge is 0.490 e. The zero-order valence-electron chi connectivity index (χ0n) is 16.6. The predicted molar refractivity (Wildman–Crippen MR) is 112 cm³/mol. The van der Waals surface area contributed by atoms with Gasteiger partial charge in [0.15, 0.2) is 6.29 Å². The summed E-state index contributed by atoms with van der Waals surface area (Å²) in [5.74, 6) is 0.832. The highest BCUT2D eigenvalue weighted by Gasteiger charge is 2.19. The number of aldehydes is 1. The van der Waals surface area contributed by atoms with Gasteiger partial charge in [0.2, 0.25) is 0 Å². The number of nitrogens with zero attached hydrogens (tertiary/aromatic N) is 3. The first-order chi connectivity index (χ1) is 13.0. The summed E-state index contributed by atoms with van der Waals surface area (Å²) < 4.78 is 6.21. The van der Waals surface area contributed by atoms with Crippen LogP contribution in [0.4, 0.5) is 5.69 Å². The number of carbonyl (C=O) groups excluding carboxylic acids is 1. The summed E-state index contributed by atoms with van der Waals surface area (Å²) in [4.78, 5) is 22.2. The van der Waals surface area contributed by atoms with E-state index < -0.39 is 0 Å². The van der Waals surface area contributed by atoms with Crippen molar-refractivity contribution in [1.29, 1.82) is 0 Å². The van der Waals surface area contributed by atoms with E-state index in [4.69, 9.17) is 15.5 Å². The number of fused-ring (bicyclic) bond motifs is 1. The number of hydrogen-bond acceptors (Lipinski definition) is 7. The molecule has 2 aromatic rings. The van der Waals surface area contributed by atoms with Crippen molar-refractivity contribution in [2.45, 2.75) is 33.1 Å². The van der Waals surface area contributed by atoms with Gasteiger partial charge in [-0.2, -0.15) is 0 Å². The fourth-order valence-electron chi connectivity index (χ4n) is 3.76. The summed E-state index contributed by atoms with van der Waals surface area (Å²) in [7, 11) is 2.20. The fraction of sp³-hybridized carbons (Fsp3) is 0.600. The van der Waals surface area contributed by atoms with Crippen molar-refractivity contribution in [1.82, 2.24) is 14.8 Å². The second kappa shape index (κ2) is 8.99. The van der Waals surface area contributed by atoms with E-state index in [-0.39, 0.29) is 0 Å². The lowest BCUT2D eigenvalue weighted by atomic mass is 10.1. The number of nitrogen functional groups attached to an aromatic ring is 1. The van der Waals surface area contributed by atoms with Gasteiger partial charge in [-0.3, -0.25) is 9.69 Å². The van der Waals surface area contributed by atoms with Crippen LogP contribution in [-0.4, -0.2) is 67.4 Å². The Labute approximate surface area is 165 Å². The normalized spacial score (nSPS) is 17.0. The van der Waals surface area contributed by atoms with Crippen molar-refractivity contribution in [3.05, 3.63) is 16.1 Å². The topological polar surface area (TPSA) is 71.7 Å². The van der Waals surface area contributed by atoms with Crippen LogP contribution in [0.2, 0.25) is 0 Å². The molecule has 148 valence electrons.